The van der Waals surface area contributed by atoms with Crippen LogP contribution in [0.15, 0.2) is 30.3 Å². The Labute approximate surface area is 100 Å². The predicted octanol–water partition coefficient (Wildman–Crippen LogP) is 3.01. The molecule has 0 amide bonds. The van der Waals surface area contributed by atoms with Gasteiger partial charge >= 0.3 is 0 Å². The van der Waals surface area contributed by atoms with Crippen LogP contribution in [0.25, 0.3) is 0 Å². The fraction of sp³-hybridized carbons (Fsp3) is 0.462. The van der Waals surface area contributed by atoms with E-state index in [0.717, 1.165) is 0 Å². The summed E-state index contributed by atoms with van der Waals surface area (Å²) in [5.41, 5.74) is 0.0102. The standard InChI is InChI=1S/C13H16F2N2/c1-11(8-9-16)17(2)10-13(14,15)12-6-4-3-5-7-12/h3-7,11H,8,10H2,1-2H3. The lowest BCUT2D eigenvalue weighted by Gasteiger charge is -2.27. The molecule has 0 heterocycles. The van der Waals surface area contributed by atoms with E-state index >= 15 is 0 Å². The smallest absolute Gasteiger partial charge is 0.285 e. The number of alkyl halides is 2. The van der Waals surface area contributed by atoms with Gasteiger partial charge in [-0.2, -0.15) is 14.0 Å². The van der Waals surface area contributed by atoms with Crippen LogP contribution in [0.1, 0.15) is 18.9 Å². The summed E-state index contributed by atoms with van der Waals surface area (Å²) in [7, 11) is 1.61. The lowest BCUT2D eigenvalue weighted by molar-refractivity contribution is -0.0392. The van der Waals surface area contributed by atoms with Gasteiger partial charge in [-0.25, -0.2) is 0 Å². The van der Waals surface area contributed by atoms with E-state index in [9.17, 15) is 8.78 Å². The average Bonchev–Trinajstić information content (AvgIpc) is 2.30. The molecule has 1 unspecified atom stereocenters. The molecule has 1 aromatic rings. The molecular weight excluding hydrogens is 222 g/mol. The second-order valence-corrected chi connectivity index (χ2v) is 4.20. The van der Waals surface area contributed by atoms with Crippen molar-refractivity contribution in [3.05, 3.63) is 35.9 Å². The summed E-state index contributed by atoms with van der Waals surface area (Å²) in [5.74, 6) is -2.89. The highest BCUT2D eigenvalue weighted by atomic mass is 19.3. The minimum Gasteiger partial charge on any atom is -0.297 e. The maximum atomic E-state index is 13.9. The molecule has 0 saturated heterocycles. The highest BCUT2D eigenvalue weighted by Crippen LogP contribution is 2.29. The van der Waals surface area contributed by atoms with Crippen molar-refractivity contribution in [1.82, 2.24) is 4.90 Å². The zero-order chi connectivity index (χ0) is 12.9. The van der Waals surface area contributed by atoms with E-state index in [1.807, 2.05) is 6.07 Å². The number of likely N-dealkylation sites (N-methyl/N-ethyl adjacent to an activating group) is 1. The fourth-order valence-electron chi connectivity index (χ4n) is 1.53. The van der Waals surface area contributed by atoms with Gasteiger partial charge in [0.05, 0.1) is 19.0 Å². The van der Waals surface area contributed by atoms with E-state index in [0.29, 0.717) is 0 Å². The summed E-state index contributed by atoms with van der Waals surface area (Å²) < 4.78 is 27.8. The molecule has 0 bridgehead atoms. The van der Waals surface area contributed by atoms with Crippen molar-refractivity contribution in [2.24, 2.45) is 0 Å². The van der Waals surface area contributed by atoms with Crippen molar-refractivity contribution in [2.45, 2.75) is 25.3 Å². The molecule has 17 heavy (non-hydrogen) atoms. The molecule has 0 spiro atoms. The number of benzene rings is 1. The van der Waals surface area contributed by atoms with Crippen LogP contribution in [0.5, 0.6) is 0 Å². The summed E-state index contributed by atoms with van der Waals surface area (Å²) in [6.45, 7) is 1.39. The fourth-order valence-corrected chi connectivity index (χ4v) is 1.53. The number of nitrogens with zero attached hydrogens (tertiary/aromatic N) is 2. The van der Waals surface area contributed by atoms with Gasteiger partial charge in [0.15, 0.2) is 0 Å². The first-order valence-electron chi connectivity index (χ1n) is 5.48. The van der Waals surface area contributed by atoms with Crippen molar-refractivity contribution in [1.29, 1.82) is 5.26 Å². The topological polar surface area (TPSA) is 27.0 Å². The molecule has 92 valence electrons. The Bertz CT molecular complexity index is 384. The maximum absolute atomic E-state index is 13.9. The normalized spacial score (nSPS) is 13.4. The van der Waals surface area contributed by atoms with Crippen molar-refractivity contribution < 1.29 is 8.78 Å². The highest BCUT2D eigenvalue weighted by Gasteiger charge is 2.33. The zero-order valence-corrected chi connectivity index (χ0v) is 10.0. The predicted molar refractivity (Wildman–Crippen MR) is 62.7 cm³/mol. The molecule has 4 heteroatoms. The second-order valence-electron chi connectivity index (χ2n) is 4.20. The molecule has 2 nitrogen and oxygen atoms in total. The lowest BCUT2D eigenvalue weighted by Crippen LogP contribution is -2.38. The van der Waals surface area contributed by atoms with Crippen LogP contribution in [-0.4, -0.2) is 24.5 Å². The van der Waals surface area contributed by atoms with Crippen LogP contribution in [0.2, 0.25) is 0 Å². The van der Waals surface area contributed by atoms with Gasteiger partial charge in [0.1, 0.15) is 0 Å². The summed E-state index contributed by atoms with van der Waals surface area (Å²) in [5, 5.41) is 8.54. The van der Waals surface area contributed by atoms with Gasteiger partial charge in [0.25, 0.3) is 5.92 Å². The van der Waals surface area contributed by atoms with Gasteiger partial charge in [-0.05, 0) is 14.0 Å². The third-order valence-corrected chi connectivity index (χ3v) is 2.78. The van der Waals surface area contributed by atoms with Gasteiger partial charge in [0.2, 0.25) is 0 Å². The van der Waals surface area contributed by atoms with Crippen molar-refractivity contribution in [3.63, 3.8) is 0 Å². The Morgan fingerprint density at radius 3 is 2.47 bits per heavy atom. The summed E-state index contributed by atoms with van der Waals surface area (Å²) in [4.78, 5) is 1.51. The Balaban J connectivity index is 2.70. The van der Waals surface area contributed by atoms with Crippen LogP contribution >= 0.6 is 0 Å². The Kier molecular flexibility index (Phi) is 4.59. The van der Waals surface area contributed by atoms with Gasteiger partial charge in [-0.1, -0.05) is 30.3 Å². The maximum Gasteiger partial charge on any atom is 0.285 e. The molecule has 0 N–H and O–H groups in total. The van der Waals surface area contributed by atoms with Crippen LogP contribution in [-0.2, 0) is 5.92 Å². The molecule has 0 radical (unpaired) electrons. The first-order valence-corrected chi connectivity index (χ1v) is 5.48. The molecule has 0 aromatic heterocycles. The molecule has 1 atom stereocenters. The quantitative estimate of drug-likeness (QED) is 0.788. The van der Waals surface area contributed by atoms with Crippen LogP contribution in [0, 0.1) is 11.3 Å². The highest BCUT2D eigenvalue weighted by molar-refractivity contribution is 5.20. The zero-order valence-electron chi connectivity index (χ0n) is 10.0. The van der Waals surface area contributed by atoms with Crippen LogP contribution in [0.4, 0.5) is 8.78 Å². The van der Waals surface area contributed by atoms with Gasteiger partial charge in [-0.3, -0.25) is 4.90 Å². The summed E-state index contributed by atoms with van der Waals surface area (Å²) in [6.07, 6.45) is 0.251. The molecule has 0 aliphatic rings. The van der Waals surface area contributed by atoms with Crippen molar-refractivity contribution in [2.75, 3.05) is 13.6 Å². The van der Waals surface area contributed by atoms with Gasteiger partial charge in [0, 0.05) is 11.6 Å². The van der Waals surface area contributed by atoms with Crippen LogP contribution in [0.3, 0.4) is 0 Å². The monoisotopic (exact) mass is 238 g/mol. The van der Waals surface area contributed by atoms with Crippen molar-refractivity contribution in [3.8, 4) is 6.07 Å². The van der Waals surface area contributed by atoms with E-state index in [4.69, 9.17) is 5.26 Å². The minimum atomic E-state index is -2.89. The molecule has 0 aliphatic carbocycles. The average molecular weight is 238 g/mol. The first kappa shape index (κ1) is 13.6. The Hall–Kier alpha value is -1.47. The molecule has 1 rings (SSSR count). The minimum absolute atomic E-state index is 0.0102. The number of halogens is 2. The van der Waals surface area contributed by atoms with E-state index in [-0.39, 0.29) is 24.6 Å². The molecular formula is C13H16F2N2. The number of rotatable bonds is 5. The first-order chi connectivity index (χ1) is 7.97. The van der Waals surface area contributed by atoms with Crippen LogP contribution < -0.4 is 0 Å². The number of nitriles is 1. The molecule has 0 fully saturated rings. The van der Waals surface area contributed by atoms with E-state index in [1.165, 1.54) is 17.0 Å². The number of hydrogen-bond donors (Lipinski definition) is 0. The summed E-state index contributed by atoms with van der Waals surface area (Å²) in [6, 6.07) is 9.56. The van der Waals surface area contributed by atoms with Crippen molar-refractivity contribution >= 4 is 0 Å². The van der Waals surface area contributed by atoms with E-state index in [1.54, 1.807) is 32.2 Å². The third-order valence-electron chi connectivity index (χ3n) is 2.78. The van der Waals surface area contributed by atoms with Gasteiger partial charge < -0.3 is 0 Å². The van der Waals surface area contributed by atoms with E-state index < -0.39 is 5.92 Å². The summed E-state index contributed by atoms with van der Waals surface area (Å²) >= 11 is 0. The second kappa shape index (κ2) is 5.74. The largest absolute Gasteiger partial charge is 0.297 e. The molecule has 0 saturated carbocycles. The third kappa shape index (κ3) is 3.79. The molecule has 1 aromatic carbocycles. The number of hydrogen-bond acceptors (Lipinski definition) is 2. The molecule has 0 aliphatic heterocycles. The Morgan fingerprint density at radius 1 is 1.35 bits per heavy atom. The Morgan fingerprint density at radius 2 is 1.94 bits per heavy atom. The van der Waals surface area contributed by atoms with E-state index in [2.05, 4.69) is 0 Å². The van der Waals surface area contributed by atoms with Gasteiger partial charge in [-0.15, -0.1) is 0 Å². The SMILES string of the molecule is CC(CC#N)N(C)CC(F)(F)c1ccccc1. The lowest BCUT2D eigenvalue weighted by atomic mass is 10.1.